The maximum Gasteiger partial charge on any atom is 0.148 e. The summed E-state index contributed by atoms with van der Waals surface area (Å²) >= 11 is 0. The highest BCUT2D eigenvalue weighted by molar-refractivity contribution is 5.88. The molecule has 0 spiro atoms. The first-order chi connectivity index (χ1) is 11.9. The summed E-state index contributed by atoms with van der Waals surface area (Å²) in [5.41, 5.74) is 1.97. The third kappa shape index (κ3) is 2.49. The summed E-state index contributed by atoms with van der Waals surface area (Å²) in [5, 5.41) is 2.26. The number of aromatic nitrogens is 2. The lowest BCUT2D eigenvalue weighted by Gasteiger charge is -2.10. The standard InChI is InChI=1S/C21H16N2O/c1-2-14-23-19-12-6-5-11-18(19)22-21(23)15-24-20-13-7-9-16-8-3-4-10-17(16)20/h1,3-13H,14-15H2. The Hall–Kier alpha value is -3.25. The van der Waals surface area contributed by atoms with E-state index in [1.165, 1.54) is 0 Å². The van der Waals surface area contributed by atoms with Crippen molar-refractivity contribution in [3.05, 3.63) is 72.6 Å². The van der Waals surface area contributed by atoms with Crippen LogP contribution in [0.1, 0.15) is 5.82 Å². The van der Waals surface area contributed by atoms with Crippen molar-refractivity contribution < 1.29 is 4.74 Å². The van der Waals surface area contributed by atoms with Crippen molar-refractivity contribution in [3.63, 3.8) is 0 Å². The van der Waals surface area contributed by atoms with Crippen LogP contribution in [0, 0.1) is 12.3 Å². The average molecular weight is 312 g/mol. The van der Waals surface area contributed by atoms with E-state index in [4.69, 9.17) is 11.2 Å². The highest BCUT2D eigenvalue weighted by atomic mass is 16.5. The Morgan fingerprint density at radius 2 is 1.75 bits per heavy atom. The number of rotatable bonds is 4. The number of para-hydroxylation sites is 2. The van der Waals surface area contributed by atoms with Gasteiger partial charge in [0.1, 0.15) is 18.2 Å². The van der Waals surface area contributed by atoms with E-state index in [-0.39, 0.29) is 0 Å². The highest BCUT2D eigenvalue weighted by Crippen LogP contribution is 2.26. The number of benzene rings is 3. The molecule has 0 saturated heterocycles. The Labute approximate surface area is 140 Å². The van der Waals surface area contributed by atoms with Crippen LogP contribution in [-0.2, 0) is 13.2 Å². The number of ether oxygens (including phenoxy) is 1. The van der Waals surface area contributed by atoms with Crippen LogP contribution in [0.3, 0.4) is 0 Å². The number of hydrogen-bond acceptors (Lipinski definition) is 2. The molecule has 0 radical (unpaired) electrons. The van der Waals surface area contributed by atoms with Crippen LogP contribution >= 0.6 is 0 Å². The fourth-order valence-corrected chi connectivity index (χ4v) is 2.97. The summed E-state index contributed by atoms with van der Waals surface area (Å²) in [6.45, 7) is 0.860. The van der Waals surface area contributed by atoms with Crippen LogP contribution in [-0.4, -0.2) is 9.55 Å². The highest BCUT2D eigenvalue weighted by Gasteiger charge is 2.11. The second-order valence-corrected chi connectivity index (χ2v) is 5.57. The quantitative estimate of drug-likeness (QED) is 0.522. The lowest BCUT2D eigenvalue weighted by Crippen LogP contribution is -2.06. The number of nitrogens with zero attached hydrogens (tertiary/aromatic N) is 2. The fourth-order valence-electron chi connectivity index (χ4n) is 2.97. The van der Waals surface area contributed by atoms with Crippen LogP contribution in [0.15, 0.2) is 66.7 Å². The van der Waals surface area contributed by atoms with Gasteiger partial charge in [-0.25, -0.2) is 4.98 Å². The number of fused-ring (bicyclic) bond motifs is 2. The smallest absolute Gasteiger partial charge is 0.148 e. The van der Waals surface area contributed by atoms with Gasteiger partial charge in [-0.15, -0.1) is 6.42 Å². The third-order valence-corrected chi connectivity index (χ3v) is 4.09. The van der Waals surface area contributed by atoms with Gasteiger partial charge in [0.15, 0.2) is 0 Å². The number of hydrogen-bond donors (Lipinski definition) is 0. The number of terminal acetylenes is 1. The van der Waals surface area contributed by atoms with Gasteiger partial charge in [0.25, 0.3) is 0 Å². The van der Waals surface area contributed by atoms with Crippen molar-refractivity contribution >= 4 is 21.8 Å². The molecule has 3 nitrogen and oxygen atoms in total. The van der Waals surface area contributed by atoms with Crippen LogP contribution in [0.4, 0.5) is 0 Å². The second-order valence-electron chi connectivity index (χ2n) is 5.57. The SMILES string of the molecule is C#CCn1c(COc2cccc3ccccc23)nc2ccccc21. The van der Waals surface area contributed by atoms with E-state index in [2.05, 4.69) is 29.1 Å². The lowest BCUT2D eigenvalue weighted by molar-refractivity contribution is 0.295. The van der Waals surface area contributed by atoms with Gasteiger partial charge in [-0.05, 0) is 23.6 Å². The van der Waals surface area contributed by atoms with Gasteiger partial charge in [-0.2, -0.15) is 0 Å². The minimum Gasteiger partial charge on any atom is -0.485 e. The zero-order valence-corrected chi connectivity index (χ0v) is 13.1. The predicted octanol–water partition coefficient (Wildman–Crippen LogP) is 4.40. The normalized spacial score (nSPS) is 10.8. The molecule has 0 N–H and O–H groups in total. The summed E-state index contributed by atoms with van der Waals surface area (Å²) in [6, 6.07) is 22.2. The topological polar surface area (TPSA) is 27.1 Å². The van der Waals surface area contributed by atoms with E-state index in [0.717, 1.165) is 33.4 Å². The van der Waals surface area contributed by atoms with E-state index in [1.54, 1.807) is 0 Å². The average Bonchev–Trinajstić information content (AvgIpc) is 2.98. The molecule has 0 unspecified atom stereocenters. The zero-order chi connectivity index (χ0) is 16.4. The van der Waals surface area contributed by atoms with Gasteiger partial charge in [0, 0.05) is 5.39 Å². The summed E-state index contributed by atoms with van der Waals surface area (Å²) in [7, 11) is 0. The van der Waals surface area contributed by atoms with Crippen LogP contribution < -0.4 is 4.74 Å². The molecule has 0 aliphatic heterocycles. The molecule has 0 fully saturated rings. The molecule has 3 aromatic carbocycles. The molecule has 0 amide bonds. The Morgan fingerprint density at radius 3 is 2.67 bits per heavy atom. The molecule has 1 heterocycles. The first-order valence-corrected chi connectivity index (χ1v) is 7.85. The summed E-state index contributed by atoms with van der Waals surface area (Å²) in [4.78, 5) is 4.67. The molecule has 1 aromatic heterocycles. The largest absolute Gasteiger partial charge is 0.485 e. The maximum atomic E-state index is 6.07. The Kier molecular flexibility index (Phi) is 3.64. The van der Waals surface area contributed by atoms with E-state index in [0.29, 0.717) is 13.2 Å². The zero-order valence-electron chi connectivity index (χ0n) is 13.1. The van der Waals surface area contributed by atoms with Crippen molar-refractivity contribution in [2.45, 2.75) is 13.2 Å². The van der Waals surface area contributed by atoms with E-state index >= 15 is 0 Å². The van der Waals surface area contributed by atoms with E-state index in [1.807, 2.05) is 53.1 Å². The molecular formula is C21H16N2O. The molecule has 0 saturated carbocycles. The first-order valence-electron chi connectivity index (χ1n) is 7.85. The number of imidazole rings is 1. The molecule has 0 aliphatic carbocycles. The molecule has 4 aromatic rings. The van der Waals surface area contributed by atoms with Crippen molar-refractivity contribution in [3.8, 4) is 18.1 Å². The summed E-state index contributed by atoms with van der Waals surface area (Å²) in [6.07, 6.45) is 5.52. The third-order valence-electron chi connectivity index (χ3n) is 4.09. The fraction of sp³-hybridized carbons (Fsp3) is 0.0952. The summed E-state index contributed by atoms with van der Waals surface area (Å²) in [5.74, 6) is 4.39. The second kappa shape index (κ2) is 6.10. The monoisotopic (exact) mass is 312 g/mol. The van der Waals surface area contributed by atoms with Crippen molar-refractivity contribution in [2.24, 2.45) is 0 Å². The molecule has 0 aliphatic rings. The first kappa shape index (κ1) is 14.3. The van der Waals surface area contributed by atoms with Gasteiger partial charge in [-0.1, -0.05) is 54.5 Å². The van der Waals surface area contributed by atoms with Crippen molar-refractivity contribution in [2.75, 3.05) is 0 Å². The van der Waals surface area contributed by atoms with Gasteiger partial charge < -0.3 is 9.30 Å². The van der Waals surface area contributed by atoms with Crippen LogP contribution in [0.2, 0.25) is 0 Å². The van der Waals surface area contributed by atoms with Crippen LogP contribution in [0.25, 0.3) is 21.8 Å². The molecular weight excluding hydrogens is 296 g/mol. The Morgan fingerprint density at radius 1 is 0.958 bits per heavy atom. The van der Waals surface area contributed by atoms with E-state index < -0.39 is 0 Å². The van der Waals surface area contributed by atoms with Gasteiger partial charge in [-0.3, -0.25) is 0 Å². The summed E-state index contributed by atoms with van der Waals surface area (Å²) < 4.78 is 8.10. The van der Waals surface area contributed by atoms with Crippen molar-refractivity contribution in [1.29, 1.82) is 0 Å². The van der Waals surface area contributed by atoms with Gasteiger partial charge in [0.2, 0.25) is 0 Å². The maximum absolute atomic E-state index is 6.07. The molecule has 116 valence electrons. The molecule has 0 atom stereocenters. The molecule has 0 bridgehead atoms. The van der Waals surface area contributed by atoms with Crippen molar-refractivity contribution in [1.82, 2.24) is 9.55 Å². The Bertz CT molecular complexity index is 1050. The Balaban J connectivity index is 1.69. The van der Waals surface area contributed by atoms with E-state index in [9.17, 15) is 0 Å². The lowest BCUT2D eigenvalue weighted by atomic mass is 10.1. The molecule has 24 heavy (non-hydrogen) atoms. The minimum atomic E-state index is 0.379. The molecule has 4 rings (SSSR count). The predicted molar refractivity (Wildman–Crippen MR) is 96.8 cm³/mol. The van der Waals surface area contributed by atoms with Crippen LogP contribution in [0.5, 0.6) is 5.75 Å². The molecule has 3 heteroatoms. The van der Waals surface area contributed by atoms with Gasteiger partial charge in [0.05, 0.1) is 17.6 Å². The minimum absolute atomic E-state index is 0.379. The van der Waals surface area contributed by atoms with Gasteiger partial charge >= 0.3 is 0 Å².